The van der Waals surface area contributed by atoms with Gasteiger partial charge in [-0.1, -0.05) is 6.07 Å². The van der Waals surface area contributed by atoms with E-state index in [0.29, 0.717) is 17.3 Å². The monoisotopic (exact) mass is 347 g/mol. The Hall–Kier alpha value is -2.70. The van der Waals surface area contributed by atoms with Gasteiger partial charge < -0.3 is 15.0 Å². The first kappa shape index (κ1) is 17.1. The molecule has 0 radical (unpaired) electrons. The second-order valence-electron chi connectivity index (χ2n) is 6.00. The summed E-state index contributed by atoms with van der Waals surface area (Å²) in [4.78, 5) is 17.5. The number of amides is 2. The van der Waals surface area contributed by atoms with Crippen LogP contribution in [0.1, 0.15) is 18.4 Å². The van der Waals surface area contributed by atoms with Crippen LogP contribution in [-0.2, 0) is 0 Å². The summed E-state index contributed by atoms with van der Waals surface area (Å²) in [5, 5.41) is 2.65. The second-order valence-corrected chi connectivity index (χ2v) is 6.00. The first-order valence-electron chi connectivity index (χ1n) is 8.07. The number of alkyl halides is 2. The molecule has 0 aliphatic heterocycles. The Morgan fingerprint density at radius 3 is 2.56 bits per heavy atom. The van der Waals surface area contributed by atoms with Crippen LogP contribution in [-0.4, -0.2) is 34.9 Å². The highest BCUT2D eigenvalue weighted by Gasteiger charge is 2.34. The van der Waals surface area contributed by atoms with Gasteiger partial charge in [-0.25, -0.2) is 18.6 Å². The Bertz CT molecular complexity index is 716. The van der Waals surface area contributed by atoms with Gasteiger partial charge in [-0.3, -0.25) is 0 Å². The van der Waals surface area contributed by atoms with E-state index in [1.165, 1.54) is 4.90 Å². The Labute approximate surface area is 144 Å². The highest BCUT2D eigenvalue weighted by molar-refractivity contribution is 5.89. The zero-order valence-corrected chi connectivity index (χ0v) is 13.8. The normalized spacial score (nSPS) is 13.6. The number of rotatable bonds is 6. The van der Waals surface area contributed by atoms with Crippen molar-refractivity contribution in [2.45, 2.75) is 32.2 Å². The van der Waals surface area contributed by atoms with Crippen LogP contribution < -0.4 is 10.1 Å². The number of urea groups is 1. The molecule has 2 aromatic rings. The van der Waals surface area contributed by atoms with Gasteiger partial charge in [0, 0.05) is 24.0 Å². The number of ether oxygens (including phenoxy) is 1. The van der Waals surface area contributed by atoms with E-state index in [1.807, 2.05) is 13.0 Å². The summed E-state index contributed by atoms with van der Waals surface area (Å²) in [7, 11) is 0. The molecule has 0 unspecified atom stereocenters. The van der Waals surface area contributed by atoms with Crippen LogP contribution in [0.25, 0.3) is 0 Å². The van der Waals surface area contributed by atoms with Crippen LogP contribution in [0.15, 0.2) is 42.6 Å². The maximum atomic E-state index is 12.6. The predicted octanol–water partition coefficient (Wildman–Crippen LogP) is 4.44. The molecule has 3 rings (SSSR count). The lowest BCUT2D eigenvalue weighted by molar-refractivity contribution is 0.0994. The number of carbonyl (C=O) groups excluding carboxylic acids is 1. The van der Waals surface area contributed by atoms with Crippen LogP contribution in [0.4, 0.5) is 19.3 Å². The molecule has 0 spiro atoms. The van der Waals surface area contributed by atoms with E-state index in [9.17, 15) is 13.6 Å². The van der Waals surface area contributed by atoms with Crippen molar-refractivity contribution >= 4 is 11.7 Å². The van der Waals surface area contributed by atoms with Crippen molar-refractivity contribution < 1.29 is 18.3 Å². The maximum Gasteiger partial charge on any atom is 0.322 e. The number of halogens is 2. The van der Waals surface area contributed by atoms with E-state index in [2.05, 4.69) is 10.3 Å². The van der Waals surface area contributed by atoms with Crippen molar-refractivity contribution in [2.24, 2.45) is 0 Å². The molecule has 1 heterocycles. The summed E-state index contributed by atoms with van der Waals surface area (Å²) in [6, 6.07) is 9.78. The average molecular weight is 347 g/mol. The molecule has 0 atom stereocenters. The van der Waals surface area contributed by atoms with E-state index >= 15 is 0 Å². The first-order valence-corrected chi connectivity index (χ1v) is 8.07. The Kier molecular flexibility index (Phi) is 5.11. The summed E-state index contributed by atoms with van der Waals surface area (Å²) in [5.41, 5.74) is 1.56. The fourth-order valence-electron chi connectivity index (χ4n) is 2.37. The van der Waals surface area contributed by atoms with Crippen LogP contribution in [0.2, 0.25) is 0 Å². The molecule has 2 amide bonds. The molecule has 1 aliphatic rings. The minimum absolute atomic E-state index is 0.0794. The highest BCUT2D eigenvalue weighted by atomic mass is 19.3. The molecular weight excluding hydrogens is 328 g/mol. The number of hydrogen-bond acceptors (Lipinski definition) is 3. The maximum absolute atomic E-state index is 12.6. The smallest absolute Gasteiger partial charge is 0.322 e. The number of nitrogens with zero attached hydrogens (tertiary/aromatic N) is 2. The second kappa shape index (κ2) is 7.46. The van der Waals surface area contributed by atoms with Crippen LogP contribution in [0.3, 0.4) is 0 Å². The molecule has 1 aromatic heterocycles. The van der Waals surface area contributed by atoms with Gasteiger partial charge in [0.2, 0.25) is 5.88 Å². The zero-order valence-electron chi connectivity index (χ0n) is 13.8. The summed E-state index contributed by atoms with van der Waals surface area (Å²) >= 11 is 0. The largest absolute Gasteiger partial charge is 0.439 e. The predicted molar refractivity (Wildman–Crippen MR) is 90.2 cm³/mol. The topological polar surface area (TPSA) is 54.5 Å². The van der Waals surface area contributed by atoms with Gasteiger partial charge in [-0.2, -0.15) is 0 Å². The fraction of sp³-hybridized carbons (Fsp3) is 0.333. The van der Waals surface area contributed by atoms with Gasteiger partial charge >= 0.3 is 6.03 Å². The van der Waals surface area contributed by atoms with Gasteiger partial charge in [-0.15, -0.1) is 0 Å². The molecule has 0 bridgehead atoms. The molecule has 1 N–H and O–H groups in total. The van der Waals surface area contributed by atoms with Crippen molar-refractivity contribution in [1.29, 1.82) is 0 Å². The number of anilines is 1. The number of pyridine rings is 1. The molecule has 25 heavy (non-hydrogen) atoms. The lowest BCUT2D eigenvalue weighted by Crippen LogP contribution is -2.39. The standard InChI is InChI=1S/C18H19F2N3O2/c1-12-2-9-17(21-10-12)25-15-7-3-13(4-8-15)22-18(24)23(11-16(19)20)14-5-6-14/h2-4,7-10,14,16H,5-6,11H2,1H3,(H,22,24). The summed E-state index contributed by atoms with van der Waals surface area (Å²) in [6.07, 6.45) is 0.718. The van der Waals surface area contributed by atoms with E-state index < -0.39 is 19.0 Å². The molecule has 1 fully saturated rings. The molecule has 5 nitrogen and oxygen atoms in total. The van der Waals surface area contributed by atoms with E-state index in [4.69, 9.17) is 4.74 Å². The lowest BCUT2D eigenvalue weighted by atomic mass is 10.3. The van der Waals surface area contributed by atoms with Gasteiger partial charge in [-0.05, 0) is 49.6 Å². The van der Waals surface area contributed by atoms with Crippen LogP contribution >= 0.6 is 0 Å². The van der Waals surface area contributed by atoms with Gasteiger partial charge in [0.15, 0.2) is 0 Å². The van der Waals surface area contributed by atoms with E-state index in [0.717, 1.165) is 18.4 Å². The quantitative estimate of drug-likeness (QED) is 0.840. The molecular formula is C18H19F2N3O2. The molecule has 7 heteroatoms. The van der Waals surface area contributed by atoms with Crippen molar-refractivity contribution in [3.8, 4) is 11.6 Å². The number of aryl methyl sites for hydroxylation is 1. The van der Waals surface area contributed by atoms with E-state index in [-0.39, 0.29) is 6.04 Å². The lowest BCUT2D eigenvalue weighted by Gasteiger charge is -2.22. The van der Waals surface area contributed by atoms with E-state index in [1.54, 1.807) is 36.5 Å². The van der Waals surface area contributed by atoms with Gasteiger partial charge in [0.05, 0.1) is 6.54 Å². The van der Waals surface area contributed by atoms with Crippen LogP contribution in [0, 0.1) is 6.92 Å². The minimum Gasteiger partial charge on any atom is -0.439 e. The van der Waals surface area contributed by atoms with Gasteiger partial charge in [0.1, 0.15) is 5.75 Å². The van der Waals surface area contributed by atoms with Crippen molar-refractivity contribution in [3.05, 3.63) is 48.2 Å². The molecule has 1 saturated carbocycles. The number of carbonyl (C=O) groups is 1. The Balaban J connectivity index is 1.59. The summed E-state index contributed by atoms with van der Waals surface area (Å²) in [5.74, 6) is 1.04. The zero-order chi connectivity index (χ0) is 17.8. The minimum atomic E-state index is -2.54. The molecule has 132 valence electrons. The van der Waals surface area contributed by atoms with Crippen molar-refractivity contribution in [2.75, 3.05) is 11.9 Å². The summed E-state index contributed by atoms with van der Waals surface area (Å²) < 4.78 is 30.8. The average Bonchev–Trinajstić information content (AvgIpc) is 3.41. The molecule has 0 saturated heterocycles. The number of benzene rings is 1. The number of hydrogen-bond donors (Lipinski definition) is 1. The van der Waals surface area contributed by atoms with Crippen LogP contribution in [0.5, 0.6) is 11.6 Å². The third kappa shape index (κ3) is 4.89. The SMILES string of the molecule is Cc1ccc(Oc2ccc(NC(=O)N(CC(F)F)C3CC3)cc2)nc1. The molecule has 1 aromatic carbocycles. The fourth-order valence-corrected chi connectivity index (χ4v) is 2.37. The first-order chi connectivity index (χ1) is 12.0. The third-order valence-corrected chi connectivity index (χ3v) is 3.80. The van der Waals surface area contributed by atoms with Crippen molar-refractivity contribution in [3.63, 3.8) is 0 Å². The van der Waals surface area contributed by atoms with Crippen molar-refractivity contribution in [1.82, 2.24) is 9.88 Å². The van der Waals surface area contributed by atoms with Gasteiger partial charge in [0.25, 0.3) is 6.43 Å². The number of aromatic nitrogens is 1. The number of nitrogens with one attached hydrogen (secondary N) is 1. The Morgan fingerprint density at radius 1 is 1.28 bits per heavy atom. The highest BCUT2D eigenvalue weighted by Crippen LogP contribution is 2.28. The molecule has 1 aliphatic carbocycles. The Morgan fingerprint density at radius 2 is 2.00 bits per heavy atom. The third-order valence-electron chi connectivity index (χ3n) is 3.80. The summed E-state index contributed by atoms with van der Waals surface area (Å²) in [6.45, 7) is 1.39.